The van der Waals surface area contributed by atoms with Crippen molar-refractivity contribution in [3.63, 3.8) is 0 Å². The molecule has 1 aromatic heterocycles. The van der Waals surface area contributed by atoms with Gasteiger partial charge in [0.05, 0.1) is 0 Å². The number of hydrogen-bond acceptors (Lipinski definition) is 2. The van der Waals surface area contributed by atoms with Crippen LogP contribution in [0, 0.1) is 6.92 Å². The smallest absolute Gasteiger partial charge is 0.251 e. The molecule has 0 atom stereocenters. The van der Waals surface area contributed by atoms with Crippen molar-refractivity contribution in [1.29, 1.82) is 0 Å². The van der Waals surface area contributed by atoms with Gasteiger partial charge in [-0.15, -0.1) is 0 Å². The van der Waals surface area contributed by atoms with Gasteiger partial charge in [0.15, 0.2) is 0 Å². The summed E-state index contributed by atoms with van der Waals surface area (Å²) >= 11 is 3.51. The third-order valence-corrected chi connectivity index (χ3v) is 3.34. The number of nitrogens with one attached hydrogen (secondary N) is 1. The highest BCUT2D eigenvalue weighted by Gasteiger charge is 2.07. The molecule has 1 aromatic carbocycles. The van der Waals surface area contributed by atoms with E-state index < -0.39 is 0 Å². The van der Waals surface area contributed by atoms with Gasteiger partial charge in [0.1, 0.15) is 5.82 Å². The Morgan fingerprint density at radius 2 is 2.11 bits per heavy atom. The van der Waals surface area contributed by atoms with E-state index in [-0.39, 0.29) is 5.56 Å². The maximum Gasteiger partial charge on any atom is 0.251 e. The summed E-state index contributed by atoms with van der Waals surface area (Å²) in [6.45, 7) is 4.10. The monoisotopic (exact) mass is 306 g/mol. The number of rotatable bonds is 3. The Hall–Kier alpha value is -1.42. The maximum atomic E-state index is 11.6. The van der Waals surface area contributed by atoms with Crippen LogP contribution in [-0.4, -0.2) is 9.97 Å². The average molecular weight is 307 g/mol. The van der Waals surface area contributed by atoms with E-state index in [1.165, 1.54) is 0 Å². The van der Waals surface area contributed by atoms with Crippen molar-refractivity contribution in [3.05, 3.63) is 50.3 Å². The molecule has 0 aliphatic heterocycles. The van der Waals surface area contributed by atoms with Crippen LogP contribution in [-0.2, 0) is 6.42 Å². The fourth-order valence-electron chi connectivity index (χ4n) is 1.83. The van der Waals surface area contributed by atoms with Gasteiger partial charge < -0.3 is 4.98 Å². The average Bonchev–Trinajstić information content (AvgIpc) is 2.28. The van der Waals surface area contributed by atoms with Crippen molar-refractivity contribution in [2.24, 2.45) is 0 Å². The second kappa shape index (κ2) is 5.48. The number of hydrogen-bond donors (Lipinski definition) is 1. The van der Waals surface area contributed by atoms with Crippen LogP contribution in [0.2, 0.25) is 0 Å². The Morgan fingerprint density at radius 3 is 2.78 bits per heavy atom. The molecule has 18 heavy (non-hydrogen) atoms. The molecular weight excluding hydrogens is 292 g/mol. The van der Waals surface area contributed by atoms with E-state index in [2.05, 4.69) is 32.8 Å². The third-order valence-electron chi connectivity index (χ3n) is 2.68. The number of nitrogens with zero attached hydrogens (tertiary/aromatic N) is 1. The highest BCUT2D eigenvalue weighted by atomic mass is 79.9. The fourth-order valence-corrected chi connectivity index (χ4v) is 2.51. The molecule has 1 heterocycles. The largest absolute Gasteiger partial charge is 0.306 e. The van der Waals surface area contributed by atoms with Crippen LogP contribution in [0.1, 0.15) is 24.6 Å². The summed E-state index contributed by atoms with van der Waals surface area (Å²) in [6.07, 6.45) is 1.80. The standard InChI is InChI=1S/C14H15BrN2O/c1-3-4-10-8-13(18)17-14(16-10)11-6-5-9(2)7-12(11)15/h5-8H,3-4H2,1-2H3,(H,16,17,18). The molecule has 2 rings (SSSR count). The zero-order valence-corrected chi connectivity index (χ0v) is 12.0. The Balaban J connectivity index is 2.53. The Bertz CT molecular complexity index is 619. The van der Waals surface area contributed by atoms with Gasteiger partial charge in [-0.2, -0.15) is 0 Å². The van der Waals surface area contributed by atoms with E-state index in [0.29, 0.717) is 5.82 Å². The molecule has 0 spiro atoms. The summed E-state index contributed by atoms with van der Waals surface area (Å²) in [7, 11) is 0. The lowest BCUT2D eigenvalue weighted by atomic mass is 10.1. The second-order valence-corrected chi connectivity index (χ2v) is 5.17. The first kappa shape index (κ1) is 13.0. The van der Waals surface area contributed by atoms with Gasteiger partial charge in [-0.25, -0.2) is 4.98 Å². The summed E-state index contributed by atoms with van der Waals surface area (Å²) in [6, 6.07) is 7.55. The van der Waals surface area contributed by atoms with E-state index in [4.69, 9.17) is 0 Å². The van der Waals surface area contributed by atoms with E-state index in [1.807, 2.05) is 25.1 Å². The normalized spacial score (nSPS) is 10.6. The first-order chi connectivity index (χ1) is 8.60. The molecule has 0 radical (unpaired) electrons. The van der Waals surface area contributed by atoms with Crippen molar-refractivity contribution in [1.82, 2.24) is 9.97 Å². The van der Waals surface area contributed by atoms with Crippen LogP contribution in [0.15, 0.2) is 33.5 Å². The van der Waals surface area contributed by atoms with Crippen molar-refractivity contribution in [2.45, 2.75) is 26.7 Å². The van der Waals surface area contributed by atoms with Gasteiger partial charge in [0, 0.05) is 21.8 Å². The predicted octanol–water partition coefficient (Wildman–Crippen LogP) is 3.46. The van der Waals surface area contributed by atoms with Gasteiger partial charge in [0.25, 0.3) is 5.56 Å². The molecule has 0 aliphatic carbocycles. The Morgan fingerprint density at radius 1 is 1.33 bits per heavy atom. The summed E-state index contributed by atoms with van der Waals surface area (Å²) in [5.41, 5.74) is 2.81. The Kier molecular flexibility index (Phi) is 3.97. The first-order valence-electron chi connectivity index (χ1n) is 5.97. The summed E-state index contributed by atoms with van der Waals surface area (Å²) in [4.78, 5) is 18.9. The maximum absolute atomic E-state index is 11.6. The van der Waals surface area contributed by atoms with E-state index in [0.717, 1.165) is 34.1 Å². The lowest BCUT2D eigenvalue weighted by Gasteiger charge is -2.06. The predicted molar refractivity (Wildman–Crippen MR) is 76.7 cm³/mol. The topological polar surface area (TPSA) is 45.8 Å². The number of aryl methyl sites for hydroxylation is 2. The minimum Gasteiger partial charge on any atom is -0.306 e. The zero-order valence-electron chi connectivity index (χ0n) is 10.5. The molecule has 1 N–H and O–H groups in total. The van der Waals surface area contributed by atoms with Gasteiger partial charge >= 0.3 is 0 Å². The number of aromatic amines is 1. The molecule has 4 heteroatoms. The highest BCUT2D eigenvalue weighted by molar-refractivity contribution is 9.10. The quantitative estimate of drug-likeness (QED) is 0.944. The minimum atomic E-state index is -0.101. The van der Waals surface area contributed by atoms with E-state index >= 15 is 0 Å². The molecule has 2 aromatic rings. The molecule has 0 fully saturated rings. The molecule has 0 saturated heterocycles. The molecule has 94 valence electrons. The van der Waals surface area contributed by atoms with Crippen molar-refractivity contribution < 1.29 is 0 Å². The number of aromatic nitrogens is 2. The highest BCUT2D eigenvalue weighted by Crippen LogP contribution is 2.26. The summed E-state index contributed by atoms with van der Waals surface area (Å²) < 4.78 is 0.944. The molecule has 0 aliphatic rings. The summed E-state index contributed by atoms with van der Waals surface area (Å²) in [5.74, 6) is 0.623. The van der Waals surface area contributed by atoms with Crippen LogP contribution in [0.4, 0.5) is 0 Å². The fraction of sp³-hybridized carbons (Fsp3) is 0.286. The van der Waals surface area contributed by atoms with Gasteiger partial charge in [-0.1, -0.05) is 35.3 Å². The van der Waals surface area contributed by atoms with Gasteiger partial charge in [-0.05, 0) is 31.0 Å². The first-order valence-corrected chi connectivity index (χ1v) is 6.76. The van der Waals surface area contributed by atoms with Crippen LogP contribution >= 0.6 is 15.9 Å². The summed E-state index contributed by atoms with van der Waals surface area (Å²) in [5, 5.41) is 0. The minimum absolute atomic E-state index is 0.101. The van der Waals surface area contributed by atoms with Crippen molar-refractivity contribution in [2.75, 3.05) is 0 Å². The van der Waals surface area contributed by atoms with Gasteiger partial charge in [-0.3, -0.25) is 4.79 Å². The zero-order chi connectivity index (χ0) is 13.1. The molecular formula is C14H15BrN2O. The number of H-pyrrole nitrogens is 1. The van der Waals surface area contributed by atoms with Crippen LogP contribution in [0.3, 0.4) is 0 Å². The lowest BCUT2D eigenvalue weighted by molar-refractivity contribution is 0.869. The second-order valence-electron chi connectivity index (χ2n) is 4.32. The molecule has 0 bridgehead atoms. The lowest BCUT2D eigenvalue weighted by Crippen LogP contribution is -2.10. The van der Waals surface area contributed by atoms with Crippen LogP contribution in [0.25, 0.3) is 11.4 Å². The van der Waals surface area contributed by atoms with Gasteiger partial charge in [0.2, 0.25) is 0 Å². The van der Waals surface area contributed by atoms with Crippen LogP contribution in [0.5, 0.6) is 0 Å². The Labute approximate surface area is 114 Å². The molecule has 0 unspecified atom stereocenters. The number of halogens is 1. The SMILES string of the molecule is CCCc1cc(=O)[nH]c(-c2ccc(C)cc2Br)n1. The molecule has 0 amide bonds. The molecule has 3 nitrogen and oxygen atoms in total. The number of benzene rings is 1. The third kappa shape index (κ3) is 2.88. The van der Waals surface area contributed by atoms with Crippen molar-refractivity contribution >= 4 is 15.9 Å². The van der Waals surface area contributed by atoms with Crippen LogP contribution < -0.4 is 5.56 Å². The van der Waals surface area contributed by atoms with E-state index in [9.17, 15) is 4.79 Å². The van der Waals surface area contributed by atoms with E-state index in [1.54, 1.807) is 6.07 Å². The molecule has 0 saturated carbocycles. The van der Waals surface area contributed by atoms with Crippen molar-refractivity contribution in [3.8, 4) is 11.4 Å².